The number of halogens is 3. The predicted octanol–water partition coefficient (Wildman–Crippen LogP) is 3.32. The van der Waals surface area contributed by atoms with E-state index < -0.39 is 0 Å². The quantitative estimate of drug-likeness (QED) is 0.672. The number of benzene rings is 1. The highest BCUT2D eigenvalue weighted by molar-refractivity contribution is 6.37. The van der Waals surface area contributed by atoms with Gasteiger partial charge in [-0.1, -0.05) is 41.3 Å². The van der Waals surface area contributed by atoms with Crippen molar-refractivity contribution in [3.8, 4) is 5.75 Å². The van der Waals surface area contributed by atoms with Crippen LogP contribution in [0.15, 0.2) is 28.8 Å². The Kier molecular flexibility index (Phi) is 8.92. The third-order valence-corrected chi connectivity index (χ3v) is 3.50. The van der Waals surface area contributed by atoms with Crippen molar-refractivity contribution < 1.29 is 14.1 Å². The summed E-state index contributed by atoms with van der Waals surface area (Å²) in [7, 11) is 0. The lowest BCUT2D eigenvalue weighted by Crippen LogP contribution is -2.31. The molecule has 1 heterocycles. The Labute approximate surface area is 156 Å². The van der Waals surface area contributed by atoms with E-state index in [9.17, 15) is 4.79 Å². The lowest BCUT2D eigenvalue weighted by Gasteiger charge is -2.07. The molecule has 0 aliphatic rings. The molecule has 132 valence electrons. The summed E-state index contributed by atoms with van der Waals surface area (Å²) in [5.74, 6) is 0.468. The van der Waals surface area contributed by atoms with Crippen LogP contribution in [0.2, 0.25) is 10.0 Å². The third-order valence-electron chi connectivity index (χ3n) is 2.91. The van der Waals surface area contributed by atoms with Crippen LogP contribution in [0, 0.1) is 0 Å². The van der Waals surface area contributed by atoms with Crippen molar-refractivity contribution in [2.75, 3.05) is 19.6 Å². The molecular weight excluding hydrogens is 377 g/mol. The summed E-state index contributed by atoms with van der Waals surface area (Å²) >= 11 is 12.0. The van der Waals surface area contributed by atoms with E-state index in [1.807, 2.05) is 6.92 Å². The Bertz CT molecular complexity index is 644. The van der Waals surface area contributed by atoms with Crippen molar-refractivity contribution >= 4 is 41.5 Å². The van der Waals surface area contributed by atoms with Gasteiger partial charge in [0.15, 0.2) is 17.2 Å². The van der Waals surface area contributed by atoms with E-state index in [1.165, 1.54) is 6.07 Å². The van der Waals surface area contributed by atoms with E-state index in [0.29, 0.717) is 34.6 Å². The maximum absolute atomic E-state index is 11.9. The SMILES string of the molecule is CCNCCNC(=O)c1cc(COc2c(Cl)cccc2Cl)on1.Cl. The van der Waals surface area contributed by atoms with Gasteiger partial charge in [0, 0.05) is 19.2 Å². The smallest absolute Gasteiger partial charge is 0.273 e. The molecule has 24 heavy (non-hydrogen) atoms. The highest BCUT2D eigenvalue weighted by atomic mass is 35.5. The molecular formula is C15H18Cl3N3O3. The van der Waals surface area contributed by atoms with Gasteiger partial charge in [0.05, 0.1) is 10.0 Å². The first-order valence-electron chi connectivity index (χ1n) is 7.13. The first kappa shape index (κ1) is 20.6. The summed E-state index contributed by atoms with van der Waals surface area (Å²) in [4.78, 5) is 11.9. The molecule has 0 spiro atoms. The molecule has 0 saturated carbocycles. The molecule has 6 nitrogen and oxygen atoms in total. The van der Waals surface area contributed by atoms with Gasteiger partial charge in [-0.15, -0.1) is 12.4 Å². The summed E-state index contributed by atoms with van der Waals surface area (Å²) in [6.45, 7) is 4.13. The van der Waals surface area contributed by atoms with Crippen LogP contribution in [-0.2, 0) is 6.61 Å². The van der Waals surface area contributed by atoms with Gasteiger partial charge < -0.3 is 19.9 Å². The molecule has 0 bridgehead atoms. The summed E-state index contributed by atoms with van der Waals surface area (Å²) in [5.41, 5.74) is 0.199. The minimum Gasteiger partial charge on any atom is -0.482 e. The Hall–Kier alpha value is -1.47. The Morgan fingerprint density at radius 1 is 1.29 bits per heavy atom. The number of carbonyl (C=O) groups excluding carboxylic acids is 1. The number of hydrogen-bond donors (Lipinski definition) is 2. The van der Waals surface area contributed by atoms with Crippen molar-refractivity contribution in [1.82, 2.24) is 15.8 Å². The highest BCUT2D eigenvalue weighted by Crippen LogP contribution is 2.32. The Morgan fingerprint density at radius 3 is 2.67 bits per heavy atom. The number of ether oxygens (including phenoxy) is 1. The first-order valence-corrected chi connectivity index (χ1v) is 7.88. The van der Waals surface area contributed by atoms with Gasteiger partial charge in [-0.3, -0.25) is 4.79 Å². The van der Waals surface area contributed by atoms with Crippen LogP contribution in [-0.4, -0.2) is 30.7 Å². The molecule has 1 amide bonds. The summed E-state index contributed by atoms with van der Waals surface area (Å²) in [5, 5.41) is 10.4. The Balaban J connectivity index is 0.00000288. The molecule has 0 atom stereocenters. The fourth-order valence-corrected chi connectivity index (χ4v) is 2.29. The van der Waals surface area contributed by atoms with Crippen LogP contribution >= 0.6 is 35.6 Å². The van der Waals surface area contributed by atoms with Crippen LogP contribution in [0.5, 0.6) is 5.75 Å². The van der Waals surface area contributed by atoms with Gasteiger partial charge in [-0.2, -0.15) is 0 Å². The van der Waals surface area contributed by atoms with Crippen molar-refractivity contribution in [3.63, 3.8) is 0 Å². The van der Waals surface area contributed by atoms with Crippen molar-refractivity contribution in [1.29, 1.82) is 0 Å². The average molecular weight is 395 g/mol. The van der Waals surface area contributed by atoms with E-state index in [-0.39, 0.29) is 30.6 Å². The van der Waals surface area contributed by atoms with E-state index in [4.69, 9.17) is 32.5 Å². The lowest BCUT2D eigenvalue weighted by molar-refractivity contribution is 0.0944. The molecule has 0 aliphatic carbocycles. The number of rotatable bonds is 8. The number of carbonyl (C=O) groups is 1. The number of aromatic nitrogens is 1. The predicted molar refractivity (Wildman–Crippen MR) is 95.4 cm³/mol. The fourth-order valence-electron chi connectivity index (χ4n) is 1.78. The second-order valence-electron chi connectivity index (χ2n) is 4.63. The second-order valence-corrected chi connectivity index (χ2v) is 5.44. The molecule has 2 N–H and O–H groups in total. The average Bonchev–Trinajstić information content (AvgIpc) is 3.00. The summed E-state index contributed by atoms with van der Waals surface area (Å²) < 4.78 is 10.6. The number of nitrogens with zero attached hydrogens (tertiary/aromatic N) is 1. The van der Waals surface area contributed by atoms with E-state index in [1.54, 1.807) is 18.2 Å². The minimum absolute atomic E-state index is 0. The molecule has 0 saturated heterocycles. The van der Waals surface area contributed by atoms with Crippen molar-refractivity contribution in [2.45, 2.75) is 13.5 Å². The van der Waals surface area contributed by atoms with Gasteiger partial charge in [0.2, 0.25) is 0 Å². The van der Waals surface area contributed by atoms with E-state index in [0.717, 1.165) is 6.54 Å². The number of likely N-dealkylation sites (N-methyl/N-ethyl adjacent to an activating group) is 1. The third kappa shape index (κ3) is 5.87. The summed E-state index contributed by atoms with van der Waals surface area (Å²) in [6, 6.07) is 6.59. The maximum Gasteiger partial charge on any atom is 0.273 e. The van der Waals surface area contributed by atoms with Crippen LogP contribution in [0.3, 0.4) is 0 Å². The molecule has 1 aromatic carbocycles. The van der Waals surface area contributed by atoms with Gasteiger partial charge in [-0.05, 0) is 18.7 Å². The monoisotopic (exact) mass is 393 g/mol. The van der Waals surface area contributed by atoms with Gasteiger partial charge >= 0.3 is 0 Å². The number of nitrogens with one attached hydrogen (secondary N) is 2. The van der Waals surface area contributed by atoms with Crippen LogP contribution in [0.25, 0.3) is 0 Å². The van der Waals surface area contributed by atoms with E-state index >= 15 is 0 Å². The molecule has 1 aromatic heterocycles. The molecule has 0 unspecified atom stereocenters. The molecule has 9 heteroatoms. The van der Waals surface area contributed by atoms with Crippen molar-refractivity contribution in [3.05, 3.63) is 45.8 Å². The highest BCUT2D eigenvalue weighted by Gasteiger charge is 2.13. The molecule has 0 radical (unpaired) electrons. The van der Waals surface area contributed by atoms with Crippen molar-refractivity contribution in [2.24, 2.45) is 0 Å². The van der Waals surface area contributed by atoms with Crippen LogP contribution < -0.4 is 15.4 Å². The van der Waals surface area contributed by atoms with Crippen LogP contribution in [0.1, 0.15) is 23.2 Å². The number of hydrogen-bond acceptors (Lipinski definition) is 5. The zero-order valence-corrected chi connectivity index (χ0v) is 15.3. The zero-order chi connectivity index (χ0) is 16.7. The summed E-state index contributed by atoms with van der Waals surface area (Å²) in [6.07, 6.45) is 0. The maximum atomic E-state index is 11.9. The molecule has 0 fully saturated rings. The van der Waals surface area contributed by atoms with E-state index in [2.05, 4.69) is 15.8 Å². The van der Waals surface area contributed by atoms with Gasteiger partial charge in [0.25, 0.3) is 5.91 Å². The normalized spacial score (nSPS) is 10.1. The largest absolute Gasteiger partial charge is 0.482 e. The topological polar surface area (TPSA) is 76.4 Å². The molecule has 2 aromatic rings. The first-order chi connectivity index (χ1) is 11.1. The molecule has 2 rings (SSSR count). The fraction of sp³-hybridized carbons (Fsp3) is 0.333. The zero-order valence-electron chi connectivity index (χ0n) is 13.0. The van der Waals surface area contributed by atoms with Gasteiger partial charge in [-0.25, -0.2) is 0 Å². The minimum atomic E-state index is -0.298. The second kappa shape index (κ2) is 10.4. The standard InChI is InChI=1S/C15H17Cl2N3O3.ClH/c1-2-18-6-7-19-15(21)13-8-10(23-20-13)9-22-14-11(16)4-3-5-12(14)17;/h3-5,8,18H,2,6-7,9H2,1H3,(H,19,21);1H. The number of para-hydroxylation sites is 1. The van der Waals surface area contributed by atoms with Gasteiger partial charge in [0.1, 0.15) is 6.61 Å². The number of amides is 1. The lowest BCUT2D eigenvalue weighted by atomic mass is 10.3. The molecule has 0 aliphatic heterocycles. The Morgan fingerprint density at radius 2 is 2.00 bits per heavy atom. The van der Waals surface area contributed by atoms with Crippen LogP contribution in [0.4, 0.5) is 0 Å².